The molecule has 3 heteroatoms. The Bertz CT molecular complexity index is 502. The van der Waals surface area contributed by atoms with Crippen molar-refractivity contribution < 1.29 is 4.79 Å². The Hall–Kier alpha value is -0.930. The monoisotopic (exact) mass is 280 g/mol. The summed E-state index contributed by atoms with van der Waals surface area (Å²) in [6, 6.07) is 9.92. The van der Waals surface area contributed by atoms with E-state index in [4.69, 9.17) is 0 Å². The molecule has 0 saturated carbocycles. The van der Waals surface area contributed by atoms with E-state index < -0.39 is 0 Å². The van der Waals surface area contributed by atoms with Gasteiger partial charge in [-0.2, -0.15) is 0 Å². The van der Waals surface area contributed by atoms with Crippen LogP contribution in [0.2, 0.25) is 0 Å². The van der Waals surface area contributed by atoms with Gasteiger partial charge in [-0.25, -0.2) is 0 Å². The van der Waals surface area contributed by atoms with E-state index in [1.165, 1.54) is 11.3 Å². The van der Waals surface area contributed by atoms with Gasteiger partial charge in [0.05, 0.1) is 4.88 Å². The maximum atomic E-state index is 11.4. The molecule has 76 valence electrons. The topological polar surface area (TPSA) is 17.1 Å². The van der Waals surface area contributed by atoms with Gasteiger partial charge in [-0.05, 0) is 30.0 Å². The van der Waals surface area contributed by atoms with Crippen molar-refractivity contribution in [1.29, 1.82) is 0 Å². The summed E-state index contributed by atoms with van der Waals surface area (Å²) in [5, 5.41) is 1.95. The molecule has 15 heavy (non-hydrogen) atoms. The Morgan fingerprint density at radius 1 is 1.20 bits per heavy atom. The van der Waals surface area contributed by atoms with Gasteiger partial charge < -0.3 is 0 Å². The Balaban J connectivity index is 2.59. The van der Waals surface area contributed by atoms with Crippen LogP contribution in [0.4, 0.5) is 0 Å². The zero-order chi connectivity index (χ0) is 10.8. The minimum Gasteiger partial charge on any atom is -0.294 e. The molecular weight excluding hydrogens is 272 g/mol. The Kier molecular flexibility index (Phi) is 3.03. The van der Waals surface area contributed by atoms with Crippen molar-refractivity contribution in [3.8, 4) is 11.1 Å². The molecule has 2 rings (SSSR count). The SMILES string of the molecule is CC(=O)c1sccc1-c1ccccc1Br. The number of carbonyl (C=O) groups is 1. The number of benzene rings is 1. The summed E-state index contributed by atoms with van der Waals surface area (Å²) >= 11 is 4.99. The molecular formula is C12H9BrOS. The van der Waals surface area contributed by atoms with E-state index in [-0.39, 0.29) is 5.78 Å². The zero-order valence-electron chi connectivity index (χ0n) is 8.16. The van der Waals surface area contributed by atoms with Crippen LogP contribution in [0, 0.1) is 0 Å². The van der Waals surface area contributed by atoms with Crippen molar-refractivity contribution >= 4 is 33.0 Å². The molecule has 0 saturated heterocycles. The molecule has 0 fully saturated rings. The van der Waals surface area contributed by atoms with Gasteiger partial charge in [0.2, 0.25) is 0 Å². The average Bonchev–Trinajstić information content (AvgIpc) is 2.67. The normalized spacial score (nSPS) is 10.3. The molecule has 0 unspecified atom stereocenters. The summed E-state index contributed by atoms with van der Waals surface area (Å²) in [5.41, 5.74) is 2.09. The molecule has 0 bridgehead atoms. The molecule has 2 aromatic rings. The lowest BCUT2D eigenvalue weighted by Gasteiger charge is -2.03. The van der Waals surface area contributed by atoms with Gasteiger partial charge in [0, 0.05) is 10.0 Å². The summed E-state index contributed by atoms with van der Waals surface area (Å²) in [6.45, 7) is 1.60. The van der Waals surface area contributed by atoms with E-state index >= 15 is 0 Å². The first-order valence-corrected chi connectivity index (χ1v) is 6.20. The summed E-state index contributed by atoms with van der Waals surface area (Å²) < 4.78 is 1.02. The maximum Gasteiger partial charge on any atom is 0.170 e. The second-order valence-electron chi connectivity index (χ2n) is 3.20. The fourth-order valence-electron chi connectivity index (χ4n) is 1.47. The van der Waals surface area contributed by atoms with Crippen molar-refractivity contribution in [1.82, 2.24) is 0 Å². The van der Waals surface area contributed by atoms with Crippen molar-refractivity contribution in [2.75, 3.05) is 0 Å². The maximum absolute atomic E-state index is 11.4. The number of carbonyl (C=O) groups excluding carboxylic acids is 1. The largest absolute Gasteiger partial charge is 0.294 e. The minimum absolute atomic E-state index is 0.121. The van der Waals surface area contributed by atoms with Gasteiger partial charge in [-0.15, -0.1) is 11.3 Å². The van der Waals surface area contributed by atoms with Crippen molar-refractivity contribution in [2.45, 2.75) is 6.92 Å². The van der Waals surface area contributed by atoms with Crippen LogP contribution in [0.15, 0.2) is 40.2 Å². The van der Waals surface area contributed by atoms with Crippen LogP contribution in [-0.2, 0) is 0 Å². The third-order valence-corrected chi connectivity index (χ3v) is 3.86. The summed E-state index contributed by atoms with van der Waals surface area (Å²) in [4.78, 5) is 12.2. The fourth-order valence-corrected chi connectivity index (χ4v) is 2.78. The predicted molar refractivity (Wildman–Crippen MR) is 67.5 cm³/mol. The van der Waals surface area contributed by atoms with E-state index in [1.807, 2.05) is 35.7 Å². The van der Waals surface area contributed by atoms with Gasteiger partial charge in [0.15, 0.2) is 5.78 Å². The highest BCUT2D eigenvalue weighted by atomic mass is 79.9. The van der Waals surface area contributed by atoms with Crippen LogP contribution < -0.4 is 0 Å². The smallest absolute Gasteiger partial charge is 0.170 e. The van der Waals surface area contributed by atoms with E-state index in [1.54, 1.807) is 6.92 Å². The molecule has 0 atom stereocenters. The molecule has 0 aliphatic heterocycles. The molecule has 0 aliphatic carbocycles. The van der Waals surface area contributed by atoms with Crippen LogP contribution in [0.25, 0.3) is 11.1 Å². The van der Waals surface area contributed by atoms with E-state index in [0.717, 1.165) is 20.5 Å². The third kappa shape index (κ3) is 2.03. The molecule has 1 aromatic heterocycles. The molecule has 0 amide bonds. The number of hydrogen-bond donors (Lipinski definition) is 0. The van der Waals surface area contributed by atoms with Gasteiger partial charge in [0.1, 0.15) is 0 Å². The van der Waals surface area contributed by atoms with Crippen LogP contribution in [0.3, 0.4) is 0 Å². The lowest BCUT2D eigenvalue weighted by molar-refractivity contribution is 0.102. The molecule has 1 heterocycles. The van der Waals surface area contributed by atoms with E-state index in [2.05, 4.69) is 15.9 Å². The lowest BCUT2D eigenvalue weighted by atomic mass is 10.1. The Morgan fingerprint density at radius 3 is 2.60 bits per heavy atom. The Morgan fingerprint density at radius 2 is 1.93 bits per heavy atom. The molecule has 0 radical (unpaired) electrons. The molecule has 1 nitrogen and oxygen atoms in total. The average molecular weight is 281 g/mol. The van der Waals surface area contributed by atoms with Crippen molar-refractivity contribution in [3.05, 3.63) is 45.1 Å². The lowest BCUT2D eigenvalue weighted by Crippen LogP contribution is -1.90. The number of thiophene rings is 1. The number of rotatable bonds is 2. The number of hydrogen-bond acceptors (Lipinski definition) is 2. The fraction of sp³-hybridized carbons (Fsp3) is 0.0833. The summed E-state index contributed by atoms with van der Waals surface area (Å²) in [7, 11) is 0. The highest BCUT2D eigenvalue weighted by Crippen LogP contribution is 2.33. The zero-order valence-corrected chi connectivity index (χ0v) is 10.6. The third-order valence-electron chi connectivity index (χ3n) is 2.15. The quantitative estimate of drug-likeness (QED) is 0.746. The second-order valence-corrected chi connectivity index (χ2v) is 4.97. The van der Waals surface area contributed by atoms with Crippen molar-refractivity contribution in [2.24, 2.45) is 0 Å². The number of Topliss-reactive ketones (excluding diaryl/α,β-unsaturated/α-hetero) is 1. The first-order valence-electron chi connectivity index (χ1n) is 4.53. The highest BCUT2D eigenvalue weighted by molar-refractivity contribution is 9.10. The summed E-state index contributed by atoms with van der Waals surface area (Å²) in [6.07, 6.45) is 0. The van der Waals surface area contributed by atoms with Crippen LogP contribution in [-0.4, -0.2) is 5.78 Å². The predicted octanol–water partition coefficient (Wildman–Crippen LogP) is 4.38. The van der Waals surface area contributed by atoms with Crippen LogP contribution in [0.5, 0.6) is 0 Å². The van der Waals surface area contributed by atoms with Gasteiger partial charge in [-0.1, -0.05) is 34.1 Å². The highest BCUT2D eigenvalue weighted by Gasteiger charge is 2.12. The first kappa shape index (κ1) is 10.6. The summed E-state index contributed by atoms with van der Waals surface area (Å²) in [5.74, 6) is 0.121. The molecule has 0 spiro atoms. The standard InChI is InChI=1S/C12H9BrOS/c1-8(14)12-10(6-7-15-12)9-4-2-3-5-11(9)13/h2-7H,1H3. The van der Waals surface area contributed by atoms with E-state index in [9.17, 15) is 4.79 Å². The van der Waals surface area contributed by atoms with Crippen molar-refractivity contribution in [3.63, 3.8) is 0 Å². The molecule has 0 aliphatic rings. The van der Waals surface area contributed by atoms with E-state index in [0.29, 0.717) is 0 Å². The van der Waals surface area contributed by atoms with Crippen LogP contribution in [0.1, 0.15) is 16.6 Å². The van der Waals surface area contributed by atoms with Gasteiger partial charge >= 0.3 is 0 Å². The molecule has 0 N–H and O–H groups in total. The first-order chi connectivity index (χ1) is 7.20. The van der Waals surface area contributed by atoms with Crippen LogP contribution >= 0.6 is 27.3 Å². The van der Waals surface area contributed by atoms with Gasteiger partial charge in [-0.3, -0.25) is 4.79 Å². The minimum atomic E-state index is 0.121. The Labute approximate surface area is 101 Å². The number of ketones is 1. The number of halogens is 1. The molecule has 1 aromatic carbocycles. The van der Waals surface area contributed by atoms with Gasteiger partial charge in [0.25, 0.3) is 0 Å². The second kappa shape index (κ2) is 4.29.